The number of hydrogen-bond donors (Lipinski definition) is 2. The highest BCUT2D eigenvalue weighted by atomic mass is 35.5. The molecular formula is C41H34ClFN6O10. The number of ether oxygens (including phenoxy) is 1. The number of allylic oxidation sites excluding steroid dienone is 2. The van der Waals surface area contributed by atoms with Crippen LogP contribution in [-0.2, 0) is 24.6 Å². The number of rotatable bonds is 9. The van der Waals surface area contributed by atoms with Crippen molar-refractivity contribution in [3.63, 3.8) is 0 Å². The monoisotopic (exact) mass is 824 g/mol. The van der Waals surface area contributed by atoms with Crippen LogP contribution < -0.4 is 20.0 Å². The van der Waals surface area contributed by atoms with Crippen molar-refractivity contribution in [1.82, 2.24) is 5.01 Å². The Kier molecular flexibility index (Phi) is 9.37. The van der Waals surface area contributed by atoms with E-state index in [-0.39, 0.29) is 47.0 Å². The van der Waals surface area contributed by atoms with Gasteiger partial charge in [0.15, 0.2) is 5.69 Å². The highest BCUT2D eigenvalue weighted by Crippen LogP contribution is 2.65. The van der Waals surface area contributed by atoms with Crippen LogP contribution in [0.25, 0.3) is 0 Å². The summed E-state index contributed by atoms with van der Waals surface area (Å²) >= 11 is 6.34. The lowest BCUT2D eigenvalue weighted by molar-refractivity contribution is -0.392. The topological polar surface area (TPSA) is 206 Å². The van der Waals surface area contributed by atoms with Crippen LogP contribution in [0.15, 0.2) is 90.5 Å². The summed E-state index contributed by atoms with van der Waals surface area (Å²) in [7, 11) is 4.18. The van der Waals surface area contributed by atoms with Crippen LogP contribution >= 0.6 is 11.6 Å². The van der Waals surface area contributed by atoms with Crippen LogP contribution in [0, 0.1) is 49.7 Å². The number of carbonyl (C=O) groups is 4. The third kappa shape index (κ3) is 5.86. The van der Waals surface area contributed by atoms with Crippen molar-refractivity contribution in [2.45, 2.75) is 24.2 Å². The van der Waals surface area contributed by atoms with E-state index in [4.69, 9.17) is 16.3 Å². The van der Waals surface area contributed by atoms with Crippen molar-refractivity contribution in [2.24, 2.45) is 23.7 Å². The summed E-state index contributed by atoms with van der Waals surface area (Å²) < 4.78 is 19.3. The first kappa shape index (κ1) is 39.0. The molecule has 0 radical (unpaired) electrons. The number of benzene rings is 4. The Hall–Kier alpha value is -6.88. The number of aromatic hydroxyl groups is 1. The number of phenolic OH excluding ortho intramolecular Hbond substituents is 1. The van der Waals surface area contributed by atoms with Gasteiger partial charge in [-0.1, -0.05) is 41.4 Å². The standard InChI is InChI=1S/C41H34ClFN6O10/c1-45(2)36-31(48(55)56)16-24(17-32(36)49(57)58)46-37(51)28-15-14-26-29(34(28)39(46)53)19-30-38(52)47(44-23-10-8-22(43)9-11-23)40(54)41(30,20-4-6-21(42)7-5-20)35(26)27-13-12-25(59-3)18-33(27)50/h4-14,16-18,28-30,34-35,44,50H,15,19H2,1-3H3/t28-,29+,30-,34-,35+,41+/m0/s1. The molecule has 2 aliphatic carbocycles. The highest BCUT2D eigenvalue weighted by Gasteiger charge is 2.70. The predicted molar refractivity (Wildman–Crippen MR) is 210 cm³/mol. The molecule has 3 fully saturated rings. The first-order chi connectivity index (χ1) is 28.1. The predicted octanol–water partition coefficient (Wildman–Crippen LogP) is 6.27. The van der Waals surface area contributed by atoms with Crippen LogP contribution in [0.5, 0.6) is 11.5 Å². The van der Waals surface area contributed by atoms with Gasteiger partial charge in [-0.3, -0.25) is 44.8 Å². The Labute approximate surface area is 339 Å². The van der Waals surface area contributed by atoms with Gasteiger partial charge in [-0.15, -0.1) is 0 Å². The fraction of sp³-hybridized carbons (Fsp3) is 0.268. The quantitative estimate of drug-likeness (QED) is 0.0830. The second-order valence-corrected chi connectivity index (χ2v) is 15.5. The van der Waals surface area contributed by atoms with E-state index in [1.54, 1.807) is 42.5 Å². The van der Waals surface area contributed by atoms with Crippen LogP contribution in [0.1, 0.15) is 29.9 Å². The number of imide groups is 2. The lowest BCUT2D eigenvalue weighted by Gasteiger charge is -2.50. The molecule has 0 unspecified atom stereocenters. The molecule has 0 bridgehead atoms. The molecule has 2 saturated heterocycles. The number of methoxy groups -OCH3 is 1. The van der Waals surface area contributed by atoms with Gasteiger partial charge in [-0.05, 0) is 66.8 Å². The Morgan fingerprint density at radius 1 is 0.898 bits per heavy atom. The molecule has 18 heteroatoms. The zero-order chi connectivity index (χ0) is 42.2. The summed E-state index contributed by atoms with van der Waals surface area (Å²) in [5.74, 6) is -9.03. The number of nitrogens with one attached hydrogen (secondary N) is 1. The number of hydrogen-bond acceptors (Lipinski definition) is 12. The second-order valence-electron chi connectivity index (χ2n) is 15.1. The van der Waals surface area contributed by atoms with Crippen LogP contribution in [0.3, 0.4) is 0 Å². The number of nitro groups is 2. The van der Waals surface area contributed by atoms with Crippen molar-refractivity contribution < 1.29 is 43.3 Å². The molecule has 4 aromatic carbocycles. The van der Waals surface area contributed by atoms with Crippen molar-refractivity contribution >= 4 is 63.7 Å². The van der Waals surface area contributed by atoms with E-state index in [2.05, 4.69) is 5.43 Å². The molecule has 16 nitrogen and oxygen atoms in total. The molecule has 2 aliphatic heterocycles. The zero-order valence-electron chi connectivity index (χ0n) is 31.5. The van der Waals surface area contributed by atoms with Gasteiger partial charge in [0.2, 0.25) is 11.8 Å². The van der Waals surface area contributed by atoms with Gasteiger partial charge in [0.05, 0.1) is 51.5 Å². The van der Waals surface area contributed by atoms with Gasteiger partial charge in [0, 0.05) is 48.8 Å². The van der Waals surface area contributed by atoms with Gasteiger partial charge >= 0.3 is 11.4 Å². The molecule has 4 amide bonds. The number of hydrazine groups is 1. The maximum absolute atomic E-state index is 15.3. The van der Waals surface area contributed by atoms with E-state index in [1.807, 2.05) is 0 Å². The normalized spacial score (nSPS) is 24.6. The summed E-state index contributed by atoms with van der Waals surface area (Å²) in [5.41, 5.74) is 0.242. The number of fused-ring (bicyclic) bond motifs is 4. The number of nitrogens with zero attached hydrogens (tertiary/aromatic N) is 5. The average Bonchev–Trinajstić information content (AvgIpc) is 3.58. The maximum Gasteiger partial charge on any atom is 0.301 e. The molecule has 2 heterocycles. The first-order valence-corrected chi connectivity index (χ1v) is 18.7. The van der Waals surface area contributed by atoms with E-state index in [0.29, 0.717) is 16.2 Å². The second kappa shape index (κ2) is 14.2. The number of phenols is 1. The van der Waals surface area contributed by atoms with Gasteiger partial charge in [-0.2, -0.15) is 5.01 Å². The molecule has 302 valence electrons. The molecule has 4 aromatic rings. The molecular weight excluding hydrogens is 791 g/mol. The average molecular weight is 825 g/mol. The van der Waals surface area contributed by atoms with Crippen molar-refractivity contribution in [1.29, 1.82) is 0 Å². The van der Waals surface area contributed by atoms with Gasteiger partial charge in [-0.25, -0.2) is 9.29 Å². The van der Waals surface area contributed by atoms with Crippen molar-refractivity contribution in [2.75, 3.05) is 36.4 Å². The Morgan fingerprint density at radius 2 is 1.54 bits per heavy atom. The summed E-state index contributed by atoms with van der Waals surface area (Å²) in [6.45, 7) is 0. The minimum absolute atomic E-state index is 0.0496. The molecule has 6 atom stereocenters. The van der Waals surface area contributed by atoms with E-state index in [1.165, 1.54) is 44.3 Å². The van der Waals surface area contributed by atoms with E-state index < -0.39 is 85.7 Å². The number of amides is 4. The van der Waals surface area contributed by atoms with Crippen LogP contribution in [0.2, 0.25) is 5.02 Å². The molecule has 0 spiro atoms. The maximum atomic E-state index is 15.3. The fourth-order valence-corrected chi connectivity index (χ4v) is 9.73. The third-order valence-corrected chi connectivity index (χ3v) is 12.2. The van der Waals surface area contributed by atoms with E-state index in [0.717, 1.165) is 34.2 Å². The molecule has 4 aliphatic rings. The van der Waals surface area contributed by atoms with Crippen LogP contribution in [0.4, 0.5) is 32.8 Å². The fourth-order valence-electron chi connectivity index (χ4n) is 9.60. The molecule has 0 aromatic heterocycles. The molecule has 2 N–H and O–H groups in total. The largest absolute Gasteiger partial charge is 0.508 e. The number of carbonyl (C=O) groups excluding carboxylic acids is 4. The summed E-state index contributed by atoms with van der Waals surface area (Å²) in [4.78, 5) is 84.0. The lowest BCUT2D eigenvalue weighted by Crippen LogP contribution is -2.53. The van der Waals surface area contributed by atoms with Gasteiger partial charge < -0.3 is 14.7 Å². The first-order valence-electron chi connectivity index (χ1n) is 18.4. The van der Waals surface area contributed by atoms with Crippen molar-refractivity contribution in [3.8, 4) is 11.5 Å². The van der Waals surface area contributed by atoms with Crippen LogP contribution in [-0.4, -0.2) is 64.8 Å². The zero-order valence-corrected chi connectivity index (χ0v) is 32.3. The Balaban J connectivity index is 1.32. The molecule has 59 heavy (non-hydrogen) atoms. The minimum Gasteiger partial charge on any atom is -0.508 e. The SMILES string of the molecule is COc1ccc([C@H]2C3=CC[C@@H]4C(=O)N(c5cc([N+](=O)[O-])c(N(C)C)c([N+](=O)[O-])c5)C(=O)[C@@H]4[C@@H]3C[C@H]3C(=O)N(Nc4ccc(F)cc4)C(=O)[C@@]23c2ccc(Cl)cc2)c(O)c1. The number of halogens is 2. The highest BCUT2D eigenvalue weighted by molar-refractivity contribution is 6.30. The molecule has 8 rings (SSSR count). The molecule has 1 saturated carbocycles. The smallest absolute Gasteiger partial charge is 0.301 e. The summed E-state index contributed by atoms with van der Waals surface area (Å²) in [5, 5.41) is 37.4. The minimum atomic E-state index is -1.79. The number of anilines is 3. The Bertz CT molecular complexity index is 2500. The Morgan fingerprint density at radius 3 is 2.12 bits per heavy atom. The number of nitro benzene ring substituents is 2. The van der Waals surface area contributed by atoms with E-state index >= 15 is 4.79 Å². The van der Waals surface area contributed by atoms with Crippen molar-refractivity contribution in [3.05, 3.63) is 133 Å². The van der Waals surface area contributed by atoms with Gasteiger partial charge in [0.1, 0.15) is 17.3 Å². The van der Waals surface area contributed by atoms with E-state index in [9.17, 15) is 44.1 Å². The van der Waals surface area contributed by atoms with Gasteiger partial charge in [0.25, 0.3) is 11.8 Å². The lowest BCUT2D eigenvalue weighted by atomic mass is 9.49. The summed E-state index contributed by atoms with van der Waals surface area (Å²) in [6, 6.07) is 17.8. The summed E-state index contributed by atoms with van der Waals surface area (Å²) in [6.07, 6.45) is 1.53. The third-order valence-electron chi connectivity index (χ3n) is 12.0.